The molecule has 0 aliphatic carbocycles. The van der Waals surface area contributed by atoms with Crippen LogP contribution in [0.4, 0.5) is 0 Å². The summed E-state index contributed by atoms with van der Waals surface area (Å²) in [4.78, 5) is 0. The molecule has 1 saturated heterocycles. The first-order valence-corrected chi connectivity index (χ1v) is 4.74. The Kier molecular flexibility index (Phi) is 3.95. The molecular weight excluding hydrogens is 183 g/mol. The number of hydrogen-bond acceptors (Lipinski definition) is 4. The number of ether oxygens (including phenoxy) is 3. The van der Waals surface area contributed by atoms with Crippen molar-refractivity contribution in [2.75, 3.05) is 20.8 Å². The molecule has 0 amide bonds. The molecule has 4 nitrogen and oxygen atoms in total. The Morgan fingerprint density at radius 3 is 2.50 bits per heavy atom. The summed E-state index contributed by atoms with van der Waals surface area (Å²) in [5.74, 6) is 0. The van der Waals surface area contributed by atoms with Gasteiger partial charge in [0.05, 0.1) is 6.61 Å². The van der Waals surface area contributed by atoms with Crippen LogP contribution in [0, 0.1) is 0 Å². The molecule has 0 aromatic carbocycles. The van der Waals surface area contributed by atoms with E-state index in [9.17, 15) is 5.11 Å². The SMILES string of the molecule is [B][C@@H]1O[C@](CC)(COC)[C@@H](O)[C@H]1OC. The number of aliphatic hydroxyl groups is 1. The predicted octanol–water partition coefficient (Wildman–Crippen LogP) is -0.318. The molecular formula is C9H17BO4. The minimum absolute atomic E-state index is 0.318. The summed E-state index contributed by atoms with van der Waals surface area (Å²) in [5.41, 5.74) is -0.727. The molecule has 1 N–H and O–H groups in total. The second-order valence-corrected chi connectivity index (χ2v) is 3.58. The first kappa shape index (κ1) is 12.0. The highest BCUT2D eigenvalue weighted by atomic mass is 16.6. The lowest BCUT2D eigenvalue weighted by atomic mass is 9.88. The van der Waals surface area contributed by atoms with E-state index in [1.54, 1.807) is 7.11 Å². The summed E-state index contributed by atoms with van der Waals surface area (Å²) in [7, 11) is 8.78. The van der Waals surface area contributed by atoms with Crippen molar-refractivity contribution in [3.8, 4) is 0 Å². The van der Waals surface area contributed by atoms with Crippen LogP contribution in [-0.4, -0.2) is 57.6 Å². The minimum Gasteiger partial charge on any atom is -0.387 e. The van der Waals surface area contributed by atoms with Crippen molar-refractivity contribution in [1.29, 1.82) is 0 Å². The fourth-order valence-corrected chi connectivity index (χ4v) is 1.91. The first-order chi connectivity index (χ1) is 6.61. The normalized spacial score (nSPS) is 43.0. The van der Waals surface area contributed by atoms with Crippen molar-refractivity contribution < 1.29 is 19.3 Å². The van der Waals surface area contributed by atoms with Gasteiger partial charge in [-0.1, -0.05) is 6.92 Å². The van der Waals surface area contributed by atoms with Crippen molar-refractivity contribution in [2.24, 2.45) is 0 Å². The zero-order valence-electron chi connectivity index (χ0n) is 8.90. The third-order valence-electron chi connectivity index (χ3n) is 2.80. The van der Waals surface area contributed by atoms with E-state index in [1.165, 1.54) is 7.11 Å². The largest absolute Gasteiger partial charge is 0.387 e. The van der Waals surface area contributed by atoms with Crippen molar-refractivity contribution in [2.45, 2.75) is 37.2 Å². The molecule has 1 rings (SSSR count). The Labute approximate surface area is 85.9 Å². The molecule has 0 bridgehead atoms. The Bertz CT molecular complexity index is 190. The van der Waals surface area contributed by atoms with Crippen molar-refractivity contribution in [1.82, 2.24) is 0 Å². The van der Waals surface area contributed by atoms with E-state index in [0.29, 0.717) is 13.0 Å². The van der Waals surface area contributed by atoms with E-state index in [0.717, 1.165) is 0 Å². The van der Waals surface area contributed by atoms with E-state index in [2.05, 4.69) is 0 Å². The Morgan fingerprint density at radius 2 is 2.14 bits per heavy atom. The fraction of sp³-hybridized carbons (Fsp3) is 1.00. The number of aliphatic hydroxyl groups excluding tert-OH is 1. The number of hydrogen-bond donors (Lipinski definition) is 1. The Balaban J connectivity index is 2.79. The second kappa shape index (κ2) is 4.62. The Morgan fingerprint density at radius 1 is 1.50 bits per heavy atom. The maximum atomic E-state index is 9.99. The van der Waals surface area contributed by atoms with Gasteiger partial charge in [-0.25, -0.2) is 0 Å². The van der Waals surface area contributed by atoms with Gasteiger partial charge in [-0.05, 0) is 6.42 Å². The van der Waals surface area contributed by atoms with E-state index >= 15 is 0 Å². The lowest BCUT2D eigenvalue weighted by molar-refractivity contribution is -0.111. The third kappa shape index (κ3) is 1.82. The van der Waals surface area contributed by atoms with Crippen LogP contribution < -0.4 is 0 Å². The molecule has 0 unspecified atom stereocenters. The quantitative estimate of drug-likeness (QED) is 0.632. The molecule has 0 aromatic rings. The summed E-state index contributed by atoms with van der Waals surface area (Å²) in [6, 6.07) is -0.593. The molecule has 0 aromatic heterocycles. The molecule has 1 aliphatic rings. The monoisotopic (exact) mass is 200 g/mol. The lowest BCUT2D eigenvalue weighted by Gasteiger charge is -2.30. The fourth-order valence-electron chi connectivity index (χ4n) is 1.91. The summed E-state index contributed by atoms with van der Waals surface area (Å²) in [6.45, 7) is 2.24. The predicted molar refractivity (Wildman–Crippen MR) is 52.3 cm³/mol. The van der Waals surface area contributed by atoms with Crippen LogP contribution in [0.5, 0.6) is 0 Å². The average Bonchev–Trinajstić information content (AvgIpc) is 2.40. The van der Waals surface area contributed by atoms with Gasteiger partial charge < -0.3 is 19.3 Å². The van der Waals surface area contributed by atoms with E-state index < -0.39 is 23.8 Å². The van der Waals surface area contributed by atoms with Crippen LogP contribution in [0.25, 0.3) is 0 Å². The molecule has 80 valence electrons. The third-order valence-corrected chi connectivity index (χ3v) is 2.80. The summed E-state index contributed by atoms with van der Waals surface area (Å²) >= 11 is 0. The molecule has 5 heteroatoms. The molecule has 0 saturated carbocycles. The van der Waals surface area contributed by atoms with Gasteiger partial charge in [-0.3, -0.25) is 0 Å². The van der Waals surface area contributed by atoms with Crippen LogP contribution in [0.3, 0.4) is 0 Å². The zero-order valence-corrected chi connectivity index (χ0v) is 8.90. The van der Waals surface area contributed by atoms with Gasteiger partial charge in [-0.2, -0.15) is 0 Å². The molecule has 4 atom stereocenters. The highest BCUT2D eigenvalue weighted by Gasteiger charge is 2.51. The molecule has 14 heavy (non-hydrogen) atoms. The highest BCUT2D eigenvalue weighted by molar-refractivity contribution is 6.11. The highest BCUT2D eigenvalue weighted by Crippen LogP contribution is 2.34. The van der Waals surface area contributed by atoms with Gasteiger partial charge in [0.1, 0.15) is 25.7 Å². The van der Waals surface area contributed by atoms with E-state index in [1.807, 2.05) is 6.92 Å². The van der Waals surface area contributed by atoms with Crippen LogP contribution in [0.15, 0.2) is 0 Å². The molecule has 1 aliphatic heterocycles. The van der Waals surface area contributed by atoms with Crippen molar-refractivity contribution in [3.63, 3.8) is 0 Å². The van der Waals surface area contributed by atoms with Crippen LogP contribution >= 0.6 is 0 Å². The zero-order chi connectivity index (χ0) is 10.8. The summed E-state index contributed by atoms with van der Waals surface area (Å²) in [6.07, 6.45) is -0.590. The van der Waals surface area contributed by atoms with E-state index in [4.69, 9.17) is 22.1 Å². The number of rotatable bonds is 4. The maximum Gasteiger partial charge on any atom is 0.119 e. The van der Waals surface area contributed by atoms with Gasteiger partial charge in [0.2, 0.25) is 0 Å². The van der Waals surface area contributed by atoms with Gasteiger partial charge in [0.15, 0.2) is 0 Å². The lowest BCUT2D eigenvalue weighted by Crippen LogP contribution is -2.46. The van der Waals surface area contributed by atoms with Crippen molar-refractivity contribution in [3.05, 3.63) is 0 Å². The standard InChI is InChI=1S/C9H17BO4/c1-4-9(5-12-2)7(11)6(13-3)8(10)14-9/h6-8,11H,4-5H2,1-3H3/t6-,7+,8-,9-/m1/s1. The van der Waals surface area contributed by atoms with Crippen LogP contribution in [-0.2, 0) is 14.2 Å². The topological polar surface area (TPSA) is 47.9 Å². The van der Waals surface area contributed by atoms with Crippen molar-refractivity contribution >= 4 is 7.85 Å². The number of methoxy groups -OCH3 is 2. The van der Waals surface area contributed by atoms with Crippen LogP contribution in [0.2, 0.25) is 0 Å². The second-order valence-electron chi connectivity index (χ2n) is 3.58. The summed E-state index contributed by atoms with van der Waals surface area (Å²) in [5, 5.41) is 9.99. The van der Waals surface area contributed by atoms with Gasteiger partial charge in [-0.15, -0.1) is 0 Å². The summed E-state index contributed by atoms with van der Waals surface area (Å²) < 4.78 is 15.7. The van der Waals surface area contributed by atoms with Gasteiger partial charge in [0, 0.05) is 20.2 Å². The molecule has 0 spiro atoms. The molecule has 1 fully saturated rings. The smallest absolute Gasteiger partial charge is 0.119 e. The van der Waals surface area contributed by atoms with Gasteiger partial charge >= 0.3 is 0 Å². The van der Waals surface area contributed by atoms with Crippen LogP contribution in [0.1, 0.15) is 13.3 Å². The first-order valence-electron chi connectivity index (χ1n) is 4.74. The molecule has 1 heterocycles. The minimum atomic E-state index is -0.743. The van der Waals surface area contributed by atoms with E-state index in [-0.39, 0.29) is 0 Å². The van der Waals surface area contributed by atoms with Gasteiger partial charge in [0.25, 0.3) is 0 Å². The Hall–Kier alpha value is -0.0951. The molecule has 2 radical (unpaired) electrons. The average molecular weight is 200 g/mol. The maximum absolute atomic E-state index is 9.99.